The molecule has 12 heteroatoms. The van der Waals surface area contributed by atoms with Gasteiger partial charge in [0.1, 0.15) is 5.69 Å². The van der Waals surface area contributed by atoms with Crippen molar-refractivity contribution in [2.24, 2.45) is 5.92 Å². The first kappa shape index (κ1) is 25.7. The summed E-state index contributed by atoms with van der Waals surface area (Å²) >= 11 is 0. The van der Waals surface area contributed by atoms with Crippen molar-refractivity contribution in [2.75, 3.05) is 38.9 Å². The van der Waals surface area contributed by atoms with Gasteiger partial charge in [0.25, 0.3) is 0 Å². The van der Waals surface area contributed by atoms with Gasteiger partial charge in [-0.05, 0) is 25.5 Å². The predicted octanol–water partition coefficient (Wildman–Crippen LogP) is 1.70. The number of fused-ring (bicyclic) bond motifs is 3. The summed E-state index contributed by atoms with van der Waals surface area (Å²) in [5, 5.41) is 20.9. The van der Waals surface area contributed by atoms with Gasteiger partial charge in [-0.25, -0.2) is 4.79 Å². The van der Waals surface area contributed by atoms with Gasteiger partial charge in [0, 0.05) is 50.8 Å². The first-order chi connectivity index (χ1) is 17.3. The van der Waals surface area contributed by atoms with Crippen molar-refractivity contribution in [1.82, 2.24) is 24.8 Å². The number of nitrogens with zero attached hydrogens (tertiary/aromatic N) is 5. The molecule has 1 aromatic heterocycles. The minimum Gasteiger partial charge on any atom is -0.454 e. The number of aromatic nitrogens is 3. The van der Waals surface area contributed by atoms with Gasteiger partial charge in [-0.3, -0.25) is 9.48 Å². The van der Waals surface area contributed by atoms with E-state index in [1.807, 2.05) is 20.0 Å². The summed E-state index contributed by atoms with van der Waals surface area (Å²) in [6, 6.07) is 4.58. The van der Waals surface area contributed by atoms with Gasteiger partial charge in [-0.15, -0.1) is 5.10 Å². The first-order valence-electron chi connectivity index (χ1n) is 12.2. The Bertz CT molecular complexity index is 1060. The van der Waals surface area contributed by atoms with Crippen molar-refractivity contribution >= 4 is 17.6 Å². The molecule has 4 rings (SSSR count). The minimum absolute atomic E-state index is 0.0318. The van der Waals surface area contributed by atoms with E-state index < -0.39 is 6.10 Å². The number of likely N-dealkylation sites (N-methyl/N-ethyl adjacent to an activating group) is 1. The number of aliphatic hydroxyl groups excluding tert-OH is 1. The number of aliphatic hydroxyl groups is 1. The number of carbonyl (C=O) groups is 2. The summed E-state index contributed by atoms with van der Waals surface area (Å²) in [7, 11) is 1.69. The Morgan fingerprint density at radius 1 is 1.33 bits per heavy atom. The molecule has 3 amide bonds. The number of amides is 3. The van der Waals surface area contributed by atoms with E-state index in [1.54, 1.807) is 39.7 Å². The van der Waals surface area contributed by atoms with E-state index in [2.05, 4.69) is 15.6 Å². The van der Waals surface area contributed by atoms with Crippen LogP contribution in [0.25, 0.3) is 0 Å². The summed E-state index contributed by atoms with van der Waals surface area (Å²) in [4.78, 5) is 29.2. The molecule has 3 atom stereocenters. The Balaban J connectivity index is 1.47. The number of benzene rings is 1. The van der Waals surface area contributed by atoms with Crippen LogP contribution in [0.5, 0.6) is 11.5 Å². The monoisotopic (exact) mass is 502 g/mol. The number of nitrogens with one attached hydrogen (secondary N) is 1. The van der Waals surface area contributed by atoms with E-state index >= 15 is 0 Å². The van der Waals surface area contributed by atoms with Crippen molar-refractivity contribution in [3.63, 3.8) is 0 Å². The van der Waals surface area contributed by atoms with E-state index in [0.29, 0.717) is 48.8 Å². The van der Waals surface area contributed by atoms with Gasteiger partial charge in [0.2, 0.25) is 12.7 Å². The van der Waals surface area contributed by atoms with E-state index in [-0.39, 0.29) is 50.4 Å². The maximum atomic E-state index is 13.0. The molecule has 2 aliphatic rings. The maximum absolute atomic E-state index is 13.0. The number of urea groups is 1. The summed E-state index contributed by atoms with van der Waals surface area (Å²) in [6.07, 6.45) is 2.38. The lowest BCUT2D eigenvalue weighted by Gasteiger charge is -2.35. The number of aryl methyl sites for hydroxylation is 1. The quantitative estimate of drug-likeness (QED) is 0.632. The molecule has 0 fully saturated rings. The average Bonchev–Trinajstić information content (AvgIpc) is 3.52. The Kier molecular flexibility index (Phi) is 8.26. The highest BCUT2D eigenvalue weighted by molar-refractivity contribution is 5.89. The Labute approximate surface area is 210 Å². The second-order valence-corrected chi connectivity index (χ2v) is 9.36. The molecule has 2 aromatic rings. The largest absolute Gasteiger partial charge is 0.454 e. The third kappa shape index (κ3) is 6.24. The van der Waals surface area contributed by atoms with E-state index in [9.17, 15) is 14.7 Å². The second kappa shape index (κ2) is 11.6. The molecule has 1 aromatic carbocycles. The Morgan fingerprint density at radius 3 is 2.94 bits per heavy atom. The molecule has 196 valence electrons. The number of hydrogen-bond acceptors (Lipinski definition) is 8. The molecule has 0 aliphatic carbocycles. The number of ether oxygens (including phenoxy) is 3. The fourth-order valence-electron chi connectivity index (χ4n) is 4.24. The van der Waals surface area contributed by atoms with Gasteiger partial charge >= 0.3 is 6.03 Å². The zero-order valence-electron chi connectivity index (χ0n) is 20.9. The lowest BCUT2D eigenvalue weighted by atomic mass is 10.0. The number of anilines is 1. The van der Waals surface area contributed by atoms with Crippen LogP contribution in [0.15, 0.2) is 24.4 Å². The molecular formula is C24H34N6O6. The van der Waals surface area contributed by atoms with Gasteiger partial charge in [-0.1, -0.05) is 12.1 Å². The van der Waals surface area contributed by atoms with Crippen LogP contribution >= 0.6 is 0 Å². The number of carbonyl (C=O) groups excluding carboxylic acids is 2. The molecule has 2 bridgehead atoms. The molecule has 0 radical (unpaired) electrons. The van der Waals surface area contributed by atoms with Crippen molar-refractivity contribution < 1.29 is 28.9 Å². The van der Waals surface area contributed by atoms with E-state index in [0.717, 1.165) is 0 Å². The van der Waals surface area contributed by atoms with Crippen molar-refractivity contribution in [3.8, 4) is 11.5 Å². The predicted molar refractivity (Wildman–Crippen MR) is 129 cm³/mol. The van der Waals surface area contributed by atoms with Crippen LogP contribution in [-0.4, -0.2) is 87.5 Å². The molecule has 36 heavy (non-hydrogen) atoms. The third-order valence-corrected chi connectivity index (χ3v) is 6.47. The minimum atomic E-state index is -0.399. The zero-order valence-corrected chi connectivity index (χ0v) is 20.9. The average molecular weight is 503 g/mol. The van der Waals surface area contributed by atoms with Crippen LogP contribution in [-0.2, 0) is 22.7 Å². The van der Waals surface area contributed by atoms with Gasteiger partial charge < -0.3 is 34.4 Å². The van der Waals surface area contributed by atoms with Crippen LogP contribution in [0.3, 0.4) is 0 Å². The lowest BCUT2D eigenvalue weighted by Crippen LogP contribution is -2.48. The van der Waals surface area contributed by atoms with Gasteiger partial charge in [0.05, 0.1) is 31.6 Å². The molecule has 0 unspecified atom stereocenters. The van der Waals surface area contributed by atoms with Crippen LogP contribution in [0.1, 0.15) is 32.4 Å². The highest BCUT2D eigenvalue weighted by Gasteiger charge is 2.29. The Hall–Kier alpha value is -3.38. The van der Waals surface area contributed by atoms with E-state index in [4.69, 9.17) is 14.2 Å². The highest BCUT2D eigenvalue weighted by Crippen LogP contribution is 2.34. The summed E-state index contributed by atoms with van der Waals surface area (Å²) in [5.74, 6) is 1.06. The highest BCUT2D eigenvalue weighted by atomic mass is 16.7. The molecule has 0 spiro atoms. The Morgan fingerprint density at radius 2 is 2.14 bits per heavy atom. The third-order valence-electron chi connectivity index (χ3n) is 6.47. The topological polar surface area (TPSA) is 131 Å². The van der Waals surface area contributed by atoms with Crippen LogP contribution in [0.2, 0.25) is 0 Å². The number of hydrogen-bond donors (Lipinski definition) is 2. The van der Waals surface area contributed by atoms with Crippen LogP contribution < -0.4 is 14.8 Å². The van der Waals surface area contributed by atoms with Crippen molar-refractivity contribution in [3.05, 3.63) is 30.1 Å². The zero-order chi connectivity index (χ0) is 25.7. The molecule has 3 heterocycles. The molecule has 0 saturated heterocycles. The fraction of sp³-hybridized carbons (Fsp3) is 0.583. The standard InChI is InChI=1S/C24H34N6O6/c1-16-10-30(17(2)13-31)23(32)5-4-8-29-11-19(26-27-29)14-34-22(16)12-28(3)24(33)25-18-6-7-20-21(9-18)36-15-35-20/h6-7,9,11,16-17,22,31H,4-5,8,10,12-15H2,1-3H3,(H,25,33)/t16-,17+,22+/m0/s1. The normalized spacial score (nSPS) is 21.2. The molecule has 0 saturated carbocycles. The van der Waals surface area contributed by atoms with Crippen LogP contribution in [0, 0.1) is 5.92 Å². The molecule has 12 nitrogen and oxygen atoms in total. The number of rotatable bonds is 5. The van der Waals surface area contributed by atoms with Crippen molar-refractivity contribution in [1.29, 1.82) is 0 Å². The van der Waals surface area contributed by atoms with Gasteiger partial charge in [0.15, 0.2) is 11.5 Å². The lowest BCUT2D eigenvalue weighted by molar-refractivity contribution is -0.136. The SMILES string of the molecule is C[C@H](CO)N1C[C@H](C)[C@@H](CN(C)C(=O)Nc2ccc3c(c2)OCO3)OCc2cn(nn2)CCCC1=O. The van der Waals surface area contributed by atoms with Crippen molar-refractivity contribution in [2.45, 2.75) is 52.0 Å². The van der Waals surface area contributed by atoms with Crippen LogP contribution in [0.4, 0.5) is 10.5 Å². The summed E-state index contributed by atoms with van der Waals surface area (Å²) < 4.78 is 18.6. The smallest absolute Gasteiger partial charge is 0.321 e. The van der Waals surface area contributed by atoms with Gasteiger partial charge in [-0.2, -0.15) is 0 Å². The van der Waals surface area contributed by atoms with E-state index in [1.165, 1.54) is 0 Å². The molecule has 2 N–H and O–H groups in total. The molecular weight excluding hydrogens is 468 g/mol. The summed E-state index contributed by atoms with van der Waals surface area (Å²) in [5.41, 5.74) is 1.27. The first-order valence-corrected chi connectivity index (χ1v) is 12.2. The molecule has 2 aliphatic heterocycles. The second-order valence-electron chi connectivity index (χ2n) is 9.36. The fourth-order valence-corrected chi connectivity index (χ4v) is 4.24. The summed E-state index contributed by atoms with van der Waals surface area (Å²) in [6.45, 7) is 5.31. The maximum Gasteiger partial charge on any atom is 0.321 e.